The number of nitrogens with two attached hydrogens (primary N) is 1. The minimum Gasteiger partial charge on any atom is -0.398 e. The van der Waals surface area contributed by atoms with Crippen LogP contribution in [0.2, 0.25) is 0 Å². The molecule has 0 saturated carbocycles. The Balaban J connectivity index is 2.87. The maximum absolute atomic E-state index is 12.4. The van der Waals surface area contributed by atoms with Crippen molar-refractivity contribution in [3.05, 3.63) is 28.2 Å². The van der Waals surface area contributed by atoms with Crippen molar-refractivity contribution in [2.45, 2.75) is 13.8 Å². The molecule has 19 heavy (non-hydrogen) atoms. The van der Waals surface area contributed by atoms with Gasteiger partial charge in [0.05, 0.1) is 6.61 Å². The van der Waals surface area contributed by atoms with Crippen molar-refractivity contribution in [1.29, 1.82) is 0 Å². The summed E-state index contributed by atoms with van der Waals surface area (Å²) < 4.78 is 5.86. The van der Waals surface area contributed by atoms with Crippen molar-refractivity contribution < 1.29 is 9.53 Å². The molecule has 0 unspecified atom stereocenters. The van der Waals surface area contributed by atoms with E-state index in [1.54, 1.807) is 30.2 Å². The first kappa shape index (κ1) is 16.0. The molecule has 5 heteroatoms. The minimum absolute atomic E-state index is 0.00931. The van der Waals surface area contributed by atoms with Gasteiger partial charge in [-0.3, -0.25) is 4.79 Å². The summed E-state index contributed by atoms with van der Waals surface area (Å²) in [4.78, 5) is 14.3. The number of amides is 1. The lowest BCUT2D eigenvalue weighted by molar-refractivity contribution is 0.0672. The number of methoxy groups -OCH3 is 1. The van der Waals surface area contributed by atoms with Gasteiger partial charge >= 0.3 is 0 Å². The van der Waals surface area contributed by atoms with Gasteiger partial charge in [-0.2, -0.15) is 0 Å². The van der Waals surface area contributed by atoms with Gasteiger partial charge in [0.15, 0.2) is 0 Å². The summed E-state index contributed by atoms with van der Waals surface area (Å²) in [5.74, 6) is 0.401. The van der Waals surface area contributed by atoms with E-state index in [1.165, 1.54) is 0 Å². The Labute approximate surface area is 123 Å². The van der Waals surface area contributed by atoms with E-state index in [-0.39, 0.29) is 5.91 Å². The molecule has 4 nitrogen and oxygen atoms in total. The topological polar surface area (TPSA) is 55.6 Å². The predicted octanol–water partition coefficient (Wildman–Crippen LogP) is 2.78. The number of ether oxygens (including phenoxy) is 1. The number of carbonyl (C=O) groups excluding carboxylic acids is 1. The lowest BCUT2D eigenvalue weighted by atomic mass is 10.1. The van der Waals surface area contributed by atoms with Crippen molar-refractivity contribution in [3.63, 3.8) is 0 Å². The van der Waals surface area contributed by atoms with Crippen molar-refractivity contribution in [1.82, 2.24) is 4.90 Å². The summed E-state index contributed by atoms with van der Waals surface area (Å²) in [7, 11) is 1.63. The quantitative estimate of drug-likeness (QED) is 0.817. The first-order chi connectivity index (χ1) is 8.95. The van der Waals surface area contributed by atoms with Crippen LogP contribution in [0.5, 0.6) is 0 Å². The lowest BCUT2D eigenvalue weighted by Gasteiger charge is -2.24. The van der Waals surface area contributed by atoms with Crippen LogP contribution in [0.1, 0.15) is 24.2 Å². The Morgan fingerprint density at radius 2 is 2.16 bits per heavy atom. The van der Waals surface area contributed by atoms with Crippen molar-refractivity contribution >= 4 is 27.5 Å². The smallest absolute Gasteiger partial charge is 0.254 e. The third-order valence-corrected chi connectivity index (χ3v) is 3.40. The summed E-state index contributed by atoms with van der Waals surface area (Å²) >= 11 is 3.33. The van der Waals surface area contributed by atoms with Crippen LogP contribution in [0.4, 0.5) is 5.69 Å². The summed E-state index contributed by atoms with van der Waals surface area (Å²) in [6, 6.07) is 5.28. The van der Waals surface area contributed by atoms with Crippen molar-refractivity contribution in [2.75, 3.05) is 32.5 Å². The fourth-order valence-corrected chi connectivity index (χ4v) is 2.02. The second-order valence-electron chi connectivity index (χ2n) is 4.87. The predicted molar refractivity (Wildman–Crippen MR) is 81.2 cm³/mol. The zero-order chi connectivity index (χ0) is 14.4. The van der Waals surface area contributed by atoms with E-state index in [2.05, 4.69) is 29.8 Å². The first-order valence-corrected chi connectivity index (χ1v) is 7.08. The van der Waals surface area contributed by atoms with E-state index in [0.29, 0.717) is 36.9 Å². The summed E-state index contributed by atoms with van der Waals surface area (Å²) in [6.07, 6.45) is 0. The van der Waals surface area contributed by atoms with E-state index in [0.717, 1.165) is 4.47 Å². The fraction of sp³-hybridized carbons (Fsp3) is 0.500. The highest BCUT2D eigenvalue weighted by Gasteiger charge is 2.17. The number of benzene rings is 1. The third kappa shape index (κ3) is 4.84. The van der Waals surface area contributed by atoms with Gasteiger partial charge < -0.3 is 15.4 Å². The van der Waals surface area contributed by atoms with E-state index >= 15 is 0 Å². The molecule has 0 heterocycles. The van der Waals surface area contributed by atoms with Crippen molar-refractivity contribution in [2.24, 2.45) is 5.92 Å². The minimum atomic E-state index is -0.00931. The molecule has 0 aliphatic carbocycles. The van der Waals surface area contributed by atoms with E-state index in [4.69, 9.17) is 10.5 Å². The van der Waals surface area contributed by atoms with Crippen molar-refractivity contribution in [3.8, 4) is 0 Å². The van der Waals surface area contributed by atoms with Gasteiger partial charge in [-0.15, -0.1) is 0 Å². The SMILES string of the molecule is COCCN(CC(C)C)C(=O)c1ccc(Br)c(N)c1. The van der Waals surface area contributed by atoms with Gasteiger partial charge in [-0.05, 0) is 40.0 Å². The monoisotopic (exact) mass is 328 g/mol. The lowest BCUT2D eigenvalue weighted by Crippen LogP contribution is -2.36. The van der Waals surface area contributed by atoms with Crippen LogP contribution in [0, 0.1) is 5.92 Å². The number of carbonyl (C=O) groups is 1. The molecule has 0 spiro atoms. The van der Waals surface area contributed by atoms with E-state index in [9.17, 15) is 4.79 Å². The molecule has 0 atom stereocenters. The number of hydrogen-bond donors (Lipinski definition) is 1. The molecular weight excluding hydrogens is 308 g/mol. The second-order valence-corrected chi connectivity index (χ2v) is 5.73. The Hall–Kier alpha value is -1.07. The number of halogens is 1. The van der Waals surface area contributed by atoms with Crippen LogP contribution in [-0.4, -0.2) is 37.6 Å². The highest BCUT2D eigenvalue weighted by Crippen LogP contribution is 2.21. The van der Waals surface area contributed by atoms with E-state index < -0.39 is 0 Å². The van der Waals surface area contributed by atoms with Gasteiger partial charge in [0.2, 0.25) is 0 Å². The van der Waals surface area contributed by atoms with Crippen LogP contribution in [0.15, 0.2) is 22.7 Å². The maximum atomic E-state index is 12.4. The first-order valence-electron chi connectivity index (χ1n) is 6.29. The molecule has 106 valence electrons. The number of nitrogens with zero attached hydrogens (tertiary/aromatic N) is 1. The molecule has 1 aromatic carbocycles. The van der Waals surface area contributed by atoms with Crippen LogP contribution in [0.3, 0.4) is 0 Å². The van der Waals surface area contributed by atoms with Gasteiger partial charge in [-0.1, -0.05) is 13.8 Å². The van der Waals surface area contributed by atoms with Crippen LogP contribution in [0.25, 0.3) is 0 Å². The van der Waals surface area contributed by atoms with Crippen LogP contribution >= 0.6 is 15.9 Å². The number of nitrogen functional groups attached to an aromatic ring is 1. The average Bonchev–Trinajstić information content (AvgIpc) is 2.36. The fourth-order valence-electron chi connectivity index (χ4n) is 1.78. The number of anilines is 1. The Morgan fingerprint density at radius 3 is 2.68 bits per heavy atom. The van der Waals surface area contributed by atoms with Gasteiger partial charge in [0.25, 0.3) is 5.91 Å². The molecule has 0 fully saturated rings. The third-order valence-electron chi connectivity index (χ3n) is 2.68. The molecule has 1 aromatic rings. The Kier molecular flexibility index (Phi) is 6.31. The largest absolute Gasteiger partial charge is 0.398 e. The van der Waals surface area contributed by atoms with Crippen LogP contribution < -0.4 is 5.73 Å². The highest BCUT2D eigenvalue weighted by molar-refractivity contribution is 9.10. The highest BCUT2D eigenvalue weighted by atomic mass is 79.9. The molecule has 2 N–H and O–H groups in total. The van der Waals surface area contributed by atoms with Crippen LogP contribution in [-0.2, 0) is 4.74 Å². The number of hydrogen-bond acceptors (Lipinski definition) is 3. The molecular formula is C14H21BrN2O2. The summed E-state index contributed by atoms with van der Waals surface area (Å²) in [5.41, 5.74) is 7.00. The molecule has 1 amide bonds. The van der Waals surface area contributed by atoms with E-state index in [1.807, 2.05) is 0 Å². The Bertz CT molecular complexity index is 435. The van der Waals surface area contributed by atoms with Gasteiger partial charge in [0, 0.05) is 35.9 Å². The molecule has 0 aliphatic heterocycles. The zero-order valence-electron chi connectivity index (χ0n) is 11.6. The normalized spacial score (nSPS) is 10.8. The summed E-state index contributed by atoms with van der Waals surface area (Å²) in [5, 5.41) is 0. The number of rotatable bonds is 6. The van der Waals surface area contributed by atoms with Gasteiger partial charge in [-0.25, -0.2) is 0 Å². The maximum Gasteiger partial charge on any atom is 0.254 e. The molecule has 0 aliphatic rings. The Morgan fingerprint density at radius 1 is 1.47 bits per heavy atom. The molecule has 0 bridgehead atoms. The van der Waals surface area contributed by atoms with Gasteiger partial charge in [0.1, 0.15) is 0 Å². The standard InChI is InChI=1S/C14H21BrN2O2/c1-10(2)9-17(6-7-19-3)14(18)11-4-5-12(15)13(16)8-11/h4-5,8,10H,6-7,9,16H2,1-3H3. The summed E-state index contributed by atoms with van der Waals surface area (Å²) in [6.45, 7) is 6.00. The molecule has 0 saturated heterocycles. The zero-order valence-corrected chi connectivity index (χ0v) is 13.2. The molecule has 0 radical (unpaired) electrons. The second kappa shape index (κ2) is 7.50. The molecule has 0 aromatic heterocycles. The molecule has 1 rings (SSSR count). The average molecular weight is 329 g/mol.